The van der Waals surface area contributed by atoms with Crippen molar-refractivity contribution in [3.63, 3.8) is 0 Å². The third-order valence-corrected chi connectivity index (χ3v) is 5.82. The van der Waals surface area contributed by atoms with Crippen molar-refractivity contribution >= 4 is 44.2 Å². The lowest BCUT2D eigenvalue weighted by atomic mass is 10.1. The Balaban J connectivity index is 1.35. The molecular formula is C22H20N2O3S. The van der Waals surface area contributed by atoms with E-state index in [1.165, 1.54) is 0 Å². The highest BCUT2D eigenvalue weighted by Gasteiger charge is 2.16. The summed E-state index contributed by atoms with van der Waals surface area (Å²) in [7, 11) is 0. The number of hydrogen-bond acceptors (Lipinski definition) is 5. The second kappa shape index (κ2) is 7.94. The zero-order valence-electron chi connectivity index (χ0n) is 15.5. The number of H-pyrrole nitrogens is 1. The number of ether oxygens (including phenoxy) is 1. The Morgan fingerprint density at radius 1 is 1.14 bits per heavy atom. The number of benzene rings is 2. The highest BCUT2D eigenvalue weighted by atomic mass is 32.1. The van der Waals surface area contributed by atoms with E-state index < -0.39 is 0 Å². The van der Waals surface area contributed by atoms with Crippen LogP contribution in [0.3, 0.4) is 0 Å². The van der Waals surface area contributed by atoms with Crippen molar-refractivity contribution in [1.29, 1.82) is 0 Å². The number of fused-ring (bicyclic) bond motifs is 2. The molecule has 142 valence electrons. The number of nitrogens with zero attached hydrogens (tertiary/aromatic N) is 1. The lowest BCUT2D eigenvalue weighted by molar-refractivity contribution is -0.142. The minimum atomic E-state index is -0.387. The number of carbonyl (C=O) groups is 2. The maximum absolute atomic E-state index is 12.5. The summed E-state index contributed by atoms with van der Waals surface area (Å²) < 4.78 is 6.31. The van der Waals surface area contributed by atoms with Crippen LogP contribution in [0, 0.1) is 0 Å². The van der Waals surface area contributed by atoms with Gasteiger partial charge in [0.1, 0.15) is 0 Å². The van der Waals surface area contributed by atoms with Crippen molar-refractivity contribution in [3.8, 4) is 0 Å². The molecule has 2 heterocycles. The quantitative estimate of drug-likeness (QED) is 0.366. The summed E-state index contributed by atoms with van der Waals surface area (Å²) in [4.78, 5) is 32.3. The average molecular weight is 392 g/mol. The van der Waals surface area contributed by atoms with Crippen molar-refractivity contribution in [2.75, 3.05) is 6.61 Å². The van der Waals surface area contributed by atoms with Crippen LogP contribution >= 0.6 is 11.3 Å². The number of ketones is 1. The van der Waals surface area contributed by atoms with Crippen LogP contribution in [0.25, 0.3) is 21.1 Å². The zero-order chi connectivity index (χ0) is 19.5. The van der Waals surface area contributed by atoms with Gasteiger partial charge in [-0.05, 0) is 24.1 Å². The third-order valence-electron chi connectivity index (χ3n) is 4.73. The number of esters is 1. The molecule has 0 saturated heterocycles. The van der Waals surface area contributed by atoms with Gasteiger partial charge in [0.2, 0.25) is 5.78 Å². The number of carbonyl (C=O) groups excluding carboxylic acids is 2. The van der Waals surface area contributed by atoms with Gasteiger partial charge in [0, 0.05) is 29.1 Å². The lowest BCUT2D eigenvalue weighted by Gasteiger charge is -2.04. The van der Waals surface area contributed by atoms with E-state index in [1.54, 1.807) is 17.5 Å². The Bertz CT molecular complexity index is 1130. The van der Waals surface area contributed by atoms with Crippen LogP contribution < -0.4 is 0 Å². The lowest BCUT2D eigenvalue weighted by Crippen LogP contribution is -2.14. The standard InChI is InChI=1S/C22H20N2O3S/c1-2-14-6-5-7-15-16(12-23-22(14)15)18(25)13-27-21(26)11-10-20-24-17-8-3-4-9-19(17)28-20/h3-9,12,23H,2,10-11,13H2,1H3. The third kappa shape index (κ3) is 3.68. The molecule has 0 aliphatic heterocycles. The number of Topliss-reactive ketones (excluding diaryl/α,β-unsaturated/α-hetero) is 1. The van der Waals surface area contributed by atoms with Gasteiger partial charge in [0.25, 0.3) is 0 Å². The molecule has 0 aliphatic carbocycles. The van der Waals surface area contributed by atoms with E-state index in [0.717, 1.165) is 38.1 Å². The van der Waals surface area contributed by atoms with Gasteiger partial charge in [0.05, 0.1) is 21.6 Å². The largest absolute Gasteiger partial charge is 0.457 e. The molecule has 0 amide bonds. The number of aromatic nitrogens is 2. The van der Waals surface area contributed by atoms with E-state index in [4.69, 9.17) is 4.74 Å². The van der Waals surface area contributed by atoms with Crippen LogP contribution in [0.15, 0.2) is 48.7 Å². The van der Waals surface area contributed by atoms with Gasteiger partial charge in [-0.15, -0.1) is 11.3 Å². The van der Waals surface area contributed by atoms with Crippen LogP contribution in [0.5, 0.6) is 0 Å². The molecule has 4 rings (SSSR count). The van der Waals surface area contributed by atoms with E-state index >= 15 is 0 Å². The molecule has 5 nitrogen and oxygen atoms in total. The van der Waals surface area contributed by atoms with Gasteiger partial charge in [0.15, 0.2) is 6.61 Å². The number of aromatic amines is 1. The maximum atomic E-state index is 12.5. The fourth-order valence-electron chi connectivity index (χ4n) is 3.27. The molecule has 6 heteroatoms. The van der Waals surface area contributed by atoms with Gasteiger partial charge in [-0.25, -0.2) is 4.98 Å². The van der Waals surface area contributed by atoms with E-state index in [9.17, 15) is 9.59 Å². The first kappa shape index (κ1) is 18.4. The smallest absolute Gasteiger partial charge is 0.306 e. The molecule has 2 aromatic heterocycles. The zero-order valence-corrected chi connectivity index (χ0v) is 16.3. The highest BCUT2D eigenvalue weighted by molar-refractivity contribution is 7.18. The second-order valence-corrected chi connectivity index (χ2v) is 7.67. The minimum Gasteiger partial charge on any atom is -0.457 e. The first-order valence-corrected chi connectivity index (χ1v) is 10.1. The van der Waals surface area contributed by atoms with E-state index in [0.29, 0.717) is 12.0 Å². The summed E-state index contributed by atoms with van der Waals surface area (Å²) in [5.74, 6) is -0.588. The van der Waals surface area contributed by atoms with Gasteiger partial charge in [-0.1, -0.05) is 37.3 Å². The molecule has 2 aromatic carbocycles. The van der Waals surface area contributed by atoms with Crippen molar-refractivity contribution in [1.82, 2.24) is 9.97 Å². The van der Waals surface area contributed by atoms with Crippen molar-refractivity contribution in [2.45, 2.75) is 26.2 Å². The van der Waals surface area contributed by atoms with Crippen LogP contribution in [0.2, 0.25) is 0 Å². The van der Waals surface area contributed by atoms with E-state index in [2.05, 4.69) is 16.9 Å². The molecule has 0 saturated carbocycles. The molecule has 0 unspecified atom stereocenters. The average Bonchev–Trinajstić information content (AvgIpc) is 3.34. The van der Waals surface area contributed by atoms with Gasteiger partial charge < -0.3 is 9.72 Å². The Morgan fingerprint density at radius 2 is 2.00 bits per heavy atom. The Kier molecular flexibility index (Phi) is 5.21. The van der Waals surface area contributed by atoms with Crippen LogP contribution in [0.1, 0.15) is 34.3 Å². The molecule has 0 atom stereocenters. The molecule has 4 aromatic rings. The summed E-state index contributed by atoms with van der Waals surface area (Å²) in [5.41, 5.74) is 3.63. The van der Waals surface area contributed by atoms with Gasteiger partial charge >= 0.3 is 5.97 Å². The van der Waals surface area contributed by atoms with Crippen molar-refractivity contribution in [2.24, 2.45) is 0 Å². The van der Waals surface area contributed by atoms with Crippen LogP contribution in [-0.4, -0.2) is 28.3 Å². The number of para-hydroxylation sites is 2. The summed E-state index contributed by atoms with van der Waals surface area (Å²) in [5, 5.41) is 1.77. The molecular weight excluding hydrogens is 372 g/mol. The summed E-state index contributed by atoms with van der Waals surface area (Å²) in [6.45, 7) is 1.83. The summed E-state index contributed by atoms with van der Waals surface area (Å²) in [6.07, 6.45) is 3.30. The number of nitrogens with one attached hydrogen (secondary N) is 1. The van der Waals surface area contributed by atoms with Crippen LogP contribution in [-0.2, 0) is 22.4 Å². The van der Waals surface area contributed by atoms with Crippen molar-refractivity contribution < 1.29 is 14.3 Å². The second-order valence-electron chi connectivity index (χ2n) is 6.55. The molecule has 1 N–H and O–H groups in total. The fourth-order valence-corrected chi connectivity index (χ4v) is 4.24. The summed E-state index contributed by atoms with van der Waals surface area (Å²) >= 11 is 1.58. The Labute approximate surface area is 166 Å². The normalized spacial score (nSPS) is 11.2. The Hall–Kier alpha value is -2.99. The molecule has 0 spiro atoms. The molecule has 0 aliphatic rings. The predicted molar refractivity (Wildman–Crippen MR) is 111 cm³/mol. The van der Waals surface area contributed by atoms with Crippen LogP contribution in [0.4, 0.5) is 0 Å². The SMILES string of the molecule is CCc1cccc2c(C(=O)COC(=O)CCc3nc4ccccc4s3)c[nH]c12. The molecule has 28 heavy (non-hydrogen) atoms. The molecule has 0 fully saturated rings. The predicted octanol–water partition coefficient (Wildman–Crippen LogP) is 4.70. The van der Waals surface area contributed by atoms with E-state index in [1.807, 2.05) is 42.5 Å². The number of thiazole rings is 1. The van der Waals surface area contributed by atoms with Gasteiger partial charge in [-0.3, -0.25) is 9.59 Å². The highest BCUT2D eigenvalue weighted by Crippen LogP contribution is 2.24. The number of hydrogen-bond donors (Lipinski definition) is 1. The molecule has 0 radical (unpaired) electrons. The number of aryl methyl sites for hydroxylation is 2. The van der Waals surface area contributed by atoms with Gasteiger partial charge in [-0.2, -0.15) is 0 Å². The first-order valence-electron chi connectivity index (χ1n) is 9.28. The minimum absolute atomic E-state index is 0.201. The summed E-state index contributed by atoms with van der Waals surface area (Å²) in [6, 6.07) is 13.8. The van der Waals surface area contributed by atoms with Crippen molar-refractivity contribution in [3.05, 3.63) is 64.8 Å². The fraction of sp³-hybridized carbons (Fsp3) is 0.227. The molecule has 0 bridgehead atoms. The van der Waals surface area contributed by atoms with E-state index in [-0.39, 0.29) is 24.8 Å². The first-order chi connectivity index (χ1) is 13.7. The monoisotopic (exact) mass is 392 g/mol. The number of rotatable bonds is 7. The Morgan fingerprint density at radius 3 is 2.82 bits per heavy atom. The maximum Gasteiger partial charge on any atom is 0.306 e. The topological polar surface area (TPSA) is 72.1 Å².